The van der Waals surface area contributed by atoms with Crippen LogP contribution in [0.5, 0.6) is 0 Å². The molecule has 1 aliphatic heterocycles. The number of carbonyl (C=O) groups excluding carboxylic acids is 2. The molecule has 0 atom stereocenters. The number of carbonyl (C=O) groups is 2. The Labute approximate surface area is 207 Å². The molecule has 5 rings (SSSR count). The van der Waals surface area contributed by atoms with Gasteiger partial charge in [-0.2, -0.15) is 0 Å². The monoisotopic (exact) mass is 486 g/mol. The van der Waals surface area contributed by atoms with Crippen LogP contribution in [0.25, 0.3) is 16.9 Å². The summed E-state index contributed by atoms with van der Waals surface area (Å²) in [5.74, 6) is -0.144. The molecule has 4 aromatic rings. The van der Waals surface area contributed by atoms with Crippen LogP contribution < -0.4 is 4.90 Å². The third-order valence-corrected chi connectivity index (χ3v) is 6.41. The van der Waals surface area contributed by atoms with Crippen molar-refractivity contribution in [1.82, 2.24) is 24.9 Å². The Kier molecular flexibility index (Phi) is 6.29. The first-order valence-electron chi connectivity index (χ1n) is 11.3. The van der Waals surface area contributed by atoms with Gasteiger partial charge in [0.15, 0.2) is 11.5 Å². The molecule has 1 fully saturated rings. The van der Waals surface area contributed by atoms with Crippen molar-refractivity contribution in [3.8, 4) is 16.9 Å². The van der Waals surface area contributed by atoms with Crippen molar-refractivity contribution in [3.05, 3.63) is 89.3 Å². The number of amides is 1. The minimum Gasteiger partial charge on any atom is -0.368 e. The van der Waals surface area contributed by atoms with Crippen LogP contribution in [0.4, 0.5) is 5.69 Å². The number of halogens is 1. The maximum atomic E-state index is 13.6. The minimum atomic E-state index is -0.186. The second-order valence-electron chi connectivity index (χ2n) is 8.27. The molecule has 0 radical (unpaired) electrons. The molecule has 9 heteroatoms. The van der Waals surface area contributed by atoms with E-state index in [1.165, 1.54) is 0 Å². The summed E-state index contributed by atoms with van der Waals surface area (Å²) in [6, 6.07) is 18.6. The van der Waals surface area contributed by atoms with Gasteiger partial charge in [0.05, 0.1) is 10.7 Å². The first-order chi connectivity index (χ1) is 17.0. The van der Waals surface area contributed by atoms with Gasteiger partial charge >= 0.3 is 0 Å². The summed E-state index contributed by atoms with van der Waals surface area (Å²) in [5.41, 5.74) is 3.90. The molecule has 2 aromatic heterocycles. The van der Waals surface area contributed by atoms with E-state index >= 15 is 0 Å². The summed E-state index contributed by atoms with van der Waals surface area (Å²) in [4.78, 5) is 33.3. The highest BCUT2D eigenvalue weighted by Crippen LogP contribution is 2.29. The fourth-order valence-electron chi connectivity index (χ4n) is 4.20. The van der Waals surface area contributed by atoms with Gasteiger partial charge in [-0.15, -0.1) is 5.10 Å². The Morgan fingerprint density at radius 3 is 2.31 bits per heavy atom. The molecule has 3 heterocycles. The first-order valence-corrected chi connectivity index (χ1v) is 11.7. The van der Waals surface area contributed by atoms with Gasteiger partial charge in [-0.05, 0) is 55.5 Å². The van der Waals surface area contributed by atoms with Crippen LogP contribution in [0.3, 0.4) is 0 Å². The van der Waals surface area contributed by atoms with Gasteiger partial charge in [-0.3, -0.25) is 14.6 Å². The largest absolute Gasteiger partial charge is 0.368 e. The lowest BCUT2D eigenvalue weighted by Crippen LogP contribution is -2.49. The van der Waals surface area contributed by atoms with Crippen molar-refractivity contribution in [3.63, 3.8) is 0 Å². The van der Waals surface area contributed by atoms with Crippen molar-refractivity contribution in [1.29, 1.82) is 0 Å². The van der Waals surface area contributed by atoms with Crippen molar-refractivity contribution in [2.24, 2.45) is 0 Å². The second-order valence-corrected chi connectivity index (χ2v) is 8.68. The summed E-state index contributed by atoms with van der Waals surface area (Å²) >= 11 is 6.43. The van der Waals surface area contributed by atoms with E-state index in [-0.39, 0.29) is 17.4 Å². The molecule has 1 aliphatic rings. The average Bonchev–Trinajstić information content (AvgIpc) is 3.34. The highest BCUT2D eigenvalue weighted by atomic mass is 35.5. The Hall–Kier alpha value is -4.04. The summed E-state index contributed by atoms with van der Waals surface area (Å²) in [6.07, 6.45) is 3.36. The lowest BCUT2D eigenvalue weighted by atomic mass is 10.1. The van der Waals surface area contributed by atoms with Gasteiger partial charge in [0.2, 0.25) is 0 Å². The molecule has 0 unspecified atom stereocenters. The van der Waals surface area contributed by atoms with E-state index in [9.17, 15) is 9.59 Å². The first kappa shape index (κ1) is 22.7. The van der Waals surface area contributed by atoms with Gasteiger partial charge in [0.25, 0.3) is 5.91 Å². The lowest BCUT2D eigenvalue weighted by molar-refractivity contribution is 0.0741. The number of piperazine rings is 1. The molecule has 0 bridgehead atoms. The van der Waals surface area contributed by atoms with Crippen molar-refractivity contribution in [2.75, 3.05) is 31.1 Å². The van der Waals surface area contributed by atoms with Gasteiger partial charge in [0.1, 0.15) is 5.69 Å². The molecule has 35 heavy (non-hydrogen) atoms. The number of para-hydroxylation sites is 1. The van der Waals surface area contributed by atoms with E-state index in [0.29, 0.717) is 48.1 Å². The smallest absolute Gasteiger partial charge is 0.276 e. The quantitative estimate of drug-likeness (QED) is 0.394. The zero-order valence-electron chi connectivity index (χ0n) is 19.1. The molecule has 1 amide bonds. The minimum absolute atomic E-state index is 0.0428. The van der Waals surface area contributed by atoms with Crippen LogP contribution in [0.15, 0.2) is 73.1 Å². The topological polar surface area (TPSA) is 84.2 Å². The predicted molar refractivity (Wildman–Crippen MR) is 134 cm³/mol. The summed E-state index contributed by atoms with van der Waals surface area (Å²) in [7, 11) is 0. The zero-order chi connectivity index (χ0) is 24.4. The fourth-order valence-corrected chi connectivity index (χ4v) is 4.42. The van der Waals surface area contributed by atoms with E-state index in [2.05, 4.69) is 20.2 Å². The Bertz CT molecular complexity index is 1360. The van der Waals surface area contributed by atoms with Gasteiger partial charge in [0, 0.05) is 55.4 Å². The Morgan fingerprint density at radius 1 is 0.914 bits per heavy atom. The predicted octanol–water partition coefficient (Wildman–Crippen LogP) is 4.15. The number of aromatic nitrogens is 4. The van der Waals surface area contributed by atoms with Crippen molar-refractivity contribution >= 4 is 29.0 Å². The highest BCUT2D eigenvalue weighted by molar-refractivity contribution is 6.32. The van der Waals surface area contributed by atoms with Crippen molar-refractivity contribution < 1.29 is 9.59 Å². The van der Waals surface area contributed by atoms with Crippen LogP contribution in [-0.2, 0) is 0 Å². The zero-order valence-corrected chi connectivity index (χ0v) is 19.9. The molecule has 2 aromatic carbocycles. The SMILES string of the molecule is CC(=O)c1ccc(N2CCN(C(=O)c3nnn(-c4ccccc4Cl)c3-c3cccnc3)CC2)cc1. The number of Topliss-reactive ketones (excluding diaryl/α,β-unsaturated/α-hetero) is 1. The van der Waals surface area contributed by atoms with Gasteiger partial charge in [-0.25, -0.2) is 4.68 Å². The molecule has 0 aliphatic carbocycles. The number of pyridine rings is 1. The van der Waals surface area contributed by atoms with Crippen LogP contribution >= 0.6 is 11.6 Å². The Morgan fingerprint density at radius 2 is 1.66 bits per heavy atom. The average molecular weight is 487 g/mol. The molecule has 176 valence electrons. The molecule has 0 N–H and O–H groups in total. The van der Waals surface area contributed by atoms with Crippen LogP contribution in [0.1, 0.15) is 27.8 Å². The van der Waals surface area contributed by atoms with Gasteiger partial charge in [-0.1, -0.05) is 28.9 Å². The fraction of sp³-hybridized carbons (Fsp3) is 0.192. The molecular weight excluding hydrogens is 464 g/mol. The van der Waals surface area contributed by atoms with Crippen molar-refractivity contribution in [2.45, 2.75) is 6.92 Å². The molecule has 0 spiro atoms. The standard InChI is InChI=1S/C26H23ClN6O2/c1-18(34)19-8-10-21(11-9-19)31-13-15-32(16-14-31)26(35)24-25(20-5-4-12-28-17-20)33(30-29-24)23-7-3-2-6-22(23)27/h2-12,17H,13-16H2,1H3. The molecular formula is C26H23ClN6O2. The second kappa shape index (κ2) is 9.68. The summed E-state index contributed by atoms with van der Waals surface area (Å²) in [6.45, 7) is 3.98. The number of rotatable bonds is 5. The number of benzene rings is 2. The molecule has 1 saturated heterocycles. The Balaban J connectivity index is 1.40. The van der Waals surface area contributed by atoms with E-state index in [1.807, 2.05) is 54.6 Å². The number of nitrogens with zero attached hydrogens (tertiary/aromatic N) is 6. The number of anilines is 1. The number of hydrogen-bond donors (Lipinski definition) is 0. The van der Waals surface area contributed by atoms with Crippen LogP contribution in [0, 0.1) is 0 Å². The summed E-state index contributed by atoms with van der Waals surface area (Å²) in [5, 5.41) is 9.08. The third-order valence-electron chi connectivity index (χ3n) is 6.09. The third kappa shape index (κ3) is 4.52. The number of ketones is 1. The molecule has 8 nitrogen and oxygen atoms in total. The van der Waals surface area contributed by atoms with E-state index < -0.39 is 0 Å². The number of hydrogen-bond acceptors (Lipinski definition) is 6. The molecule has 0 saturated carbocycles. The van der Waals surface area contributed by atoms with Crippen LogP contribution in [-0.4, -0.2) is 62.7 Å². The van der Waals surface area contributed by atoms with Crippen LogP contribution in [0.2, 0.25) is 5.02 Å². The summed E-state index contributed by atoms with van der Waals surface area (Å²) < 4.78 is 1.60. The maximum absolute atomic E-state index is 13.6. The highest BCUT2D eigenvalue weighted by Gasteiger charge is 2.29. The van der Waals surface area contributed by atoms with E-state index in [0.717, 1.165) is 11.3 Å². The maximum Gasteiger partial charge on any atom is 0.276 e. The lowest BCUT2D eigenvalue weighted by Gasteiger charge is -2.36. The normalized spacial score (nSPS) is 13.7. The van der Waals surface area contributed by atoms with E-state index in [1.54, 1.807) is 35.0 Å². The van der Waals surface area contributed by atoms with E-state index in [4.69, 9.17) is 11.6 Å². The van der Waals surface area contributed by atoms with Gasteiger partial charge < -0.3 is 9.80 Å².